The summed E-state index contributed by atoms with van der Waals surface area (Å²) in [4.78, 5) is 12.5. The maximum Gasteiger partial charge on any atom is 0.230 e. The lowest BCUT2D eigenvalue weighted by molar-refractivity contribution is -0.131. The second kappa shape index (κ2) is 6.16. The molecule has 4 nitrogen and oxygen atoms in total. The van der Waals surface area contributed by atoms with Crippen LogP contribution in [0.5, 0.6) is 0 Å². The maximum absolute atomic E-state index is 12.5. The molecule has 1 aromatic rings. The van der Waals surface area contributed by atoms with E-state index in [0.717, 1.165) is 5.56 Å². The normalized spacial score (nSPS) is 26.9. The Labute approximate surface area is 127 Å². The van der Waals surface area contributed by atoms with Crippen LogP contribution in [0.2, 0.25) is 0 Å². The lowest BCUT2D eigenvalue weighted by Gasteiger charge is -2.27. The molecule has 0 aliphatic carbocycles. The zero-order chi connectivity index (χ0) is 15.6. The third-order valence-electron chi connectivity index (χ3n) is 4.49. The Morgan fingerprint density at radius 2 is 1.86 bits per heavy atom. The van der Waals surface area contributed by atoms with Crippen LogP contribution in [0.15, 0.2) is 24.3 Å². The molecule has 1 aromatic carbocycles. The van der Waals surface area contributed by atoms with Gasteiger partial charge in [-0.05, 0) is 30.9 Å². The van der Waals surface area contributed by atoms with E-state index < -0.39 is 5.41 Å². The van der Waals surface area contributed by atoms with Gasteiger partial charge in [-0.1, -0.05) is 38.1 Å². The van der Waals surface area contributed by atoms with E-state index in [4.69, 9.17) is 10.5 Å². The number of hydrogen-bond acceptors (Lipinski definition) is 3. The predicted octanol–water partition coefficient (Wildman–Crippen LogP) is 2.35. The lowest BCUT2D eigenvalue weighted by Crippen LogP contribution is -2.50. The number of carbonyl (C=O) groups excluding carboxylic acids is 1. The summed E-state index contributed by atoms with van der Waals surface area (Å²) in [6.45, 7) is 9.03. The molecule has 4 heteroatoms. The zero-order valence-corrected chi connectivity index (χ0v) is 13.3. The summed E-state index contributed by atoms with van der Waals surface area (Å²) in [6, 6.07) is 8.11. The molecule has 21 heavy (non-hydrogen) atoms. The van der Waals surface area contributed by atoms with Crippen molar-refractivity contribution in [3.8, 4) is 0 Å². The summed E-state index contributed by atoms with van der Waals surface area (Å²) in [5.41, 5.74) is 7.77. The highest BCUT2D eigenvalue weighted by atomic mass is 16.5. The van der Waals surface area contributed by atoms with Crippen molar-refractivity contribution in [3.05, 3.63) is 35.4 Å². The minimum absolute atomic E-state index is 0.0343. The van der Waals surface area contributed by atoms with Crippen molar-refractivity contribution in [1.29, 1.82) is 0 Å². The van der Waals surface area contributed by atoms with Crippen molar-refractivity contribution >= 4 is 5.91 Å². The molecule has 0 bridgehead atoms. The van der Waals surface area contributed by atoms with Gasteiger partial charge in [0.15, 0.2) is 0 Å². The number of rotatable bonds is 4. The minimum Gasteiger partial charge on any atom is -0.379 e. The van der Waals surface area contributed by atoms with Gasteiger partial charge in [-0.25, -0.2) is 0 Å². The zero-order valence-electron chi connectivity index (χ0n) is 13.3. The van der Waals surface area contributed by atoms with E-state index in [1.807, 2.05) is 13.8 Å². The third kappa shape index (κ3) is 3.27. The van der Waals surface area contributed by atoms with Gasteiger partial charge in [0.1, 0.15) is 0 Å². The molecular formula is C17H26N2O2. The van der Waals surface area contributed by atoms with Crippen LogP contribution in [0.1, 0.15) is 50.8 Å². The fraction of sp³-hybridized carbons (Fsp3) is 0.588. The Morgan fingerprint density at radius 1 is 1.29 bits per heavy atom. The molecule has 1 fully saturated rings. The molecule has 1 amide bonds. The molecule has 0 radical (unpaired) electrons. The summed E-state index contributed by atoms with van der Waals surface area (Å²) < 4.78 is 5.34. The maximum atomic E-state index is 12.5. The average molecular weight is 290 g/mol. The fourth-order valence-corrected chi connectivity index (χ4v) is 2.54. The Kier molecular flexibility index (Phi) is 4.69. The Morgan fingerprint density at radius 3 is 2.33 bits per heavy atom. The van der Waals surface area contributed by atoms with Crippen molar-refractivity contribution in [1.82, 2.24) is 5.32 Å². The first-order valence-corrected chi connectivity index (χ1v) is 7.58. The molecular weight excluding hydrogens is 264 g/mol. The third-order valence-corrected chi connectivity index (χ3v) is 4.49. The summed E-state index contributed by atoms with van der Waals surface area (Å²) in [5, 5.41) is 3.06. The first-order valence-electron chi connectivity index (χ1n) is 7.58. The van der Waals surface area contributed by atoms with Crippen LogP contribution in [0.4, 0.5) is 0 Å². The summed E-state index contributed by atoms with van der Waals surface area (Å²) in [7, 11) is 0. The Hall–Kier alpha value is -1.39. The number of hydrogen-bond donors (Lipinski definition) is 2. The smallest absolute Gasteiger partial charge is 0.230 e. The van der Waals surface area contributed by atoms with Gasteiger partial charge in [0.2, 0.25) is 5.91 Å². The fourth-order valence-electron chi connectivity index (χ4n) is 2.54. The van der Waals surface area contributed by atoms with Gasteiger partial charge in [-0.15, -0.1) is 0 Å². The Balaban J connectivity index is 2.04. The lowest BCUT2D eigenvalue weighted by atomic mass is 9.84. The first-order chi connectivity index (χ1) is 9.84. The summed E-state index contributed by atoms with van der Waals surface area (Å²) in [5.74, 6) is 0.476. The SMILES string of the molecule is CC(C)c1ccc(C(C)NC(=O)C2(C)COCC2N)cc1. The molecule has 0 spiro atoms. The number of ether oxygens (including phenoxy) is 1. The highest BCUT2D eigenvalue weighted by molar-refractivity contribution is 5.84. The van der Waals surface area contributed by atoms with E-state index >= 15 is 0 Å². The monoisotopic (exact) mass is 290 g/mol. The van der Waals surface area contributed by atoms with Gasteiger partial charge >= 0.3 is 0 Å². The van der Waals surface area contributed by atoms with E-state index in [0.29, 0.717) is 19.1 Å². The molecule has 116 valence electrons. The van der Waals surface area contributed by atoms with Crippen molar-refractivity contribution in [3.63, 3.8) is 0 Å². The molecule has 1 heterocycles. The average Bonchev–Trinajstić information content (AvgIpc) is 2.80. The van der Waals surface area contributed by atoms with Gasteiger partial charge in [0.25, 0.3) is 0 Å². The first kappa shape index (κ1) is 16.0. The number of nitrogens with one attached hydrogen (secondary N) is 1. The molecule has 0 aromatic heterocycles. The van der Waals surface area contributed by atoms with Crippen LogP contribution < -0.4 is 11.1 Å². The number of benzene rings is 1. The van der Waals surface area contributed by atoms with Gasteiger partial charge in [0, 0.05) is 6.04 Å². The van der Waals surface area contributed by atoms with Crippen LogP contribution >= 0.6 is 0 Å². The molecule has 2 rings (SSSR count). The highest BCUT2D eigenvalue weighted by Crippen LogP contribution is 2.28. The van der Waals surface area contributed by atoms with E-state index in [1.54, 1.807) is 0 Å². The quantitative estimate of drug-likeness (QED) is 0.894. The molecule has 1 aliphatic heterocycles. The summed E-state index contributed by atoms with van der Waals surface area (Å²) >= 11 is 0. The molecule has 3 N–H and O–H groups in total. The van der Waals surface area contributed by atoms with Crippen molar-refractivity contribution in [2.75, 3.05) is 13.2 Å². The minimum atomic E-state index is -0.633. The molecule has 1 aliphatic rings. The predicted molar refractivity (Wildman–Crippen MR) is 84.0 cm³/mol. The van der Waals surface area contributed by atoms with Crippen molar-refractivity contribution in [2.45, 2.75) is 45.7 Å². The Bertz CT molecular complexity index is 498. The van der Waals surface area contributed by atoms with Gasteiger partial charge in [-0.2, -0.15) is 0 Å². The van der Waals surface area contributed by atoms with Crippen LogP contribution in [0.3, 0.4) is 0 Å². The standard InChI is InChI=1S/C17H26N2O2/c1-11(2)13-5-7-14(8-6-13)12(3)19-16(20)17(4)10-21-9-15(17)18/h5-8,11-12,15H,9-10,18H2,1-4H3,(H,19,20). The van der Waals surface area contributed by atoms with Crippen molar-refractivity contribution in [2.24, 2.45) is 11.1 Å². The van der Waals surface area contributed by atoms with Crippen LogP contribution in [-0.4, -0.2) is 25.2 Å². The molecule has 3 unspecified atom stereocenters. The summed E-state index contributed by atoms with van der Waals surface area (Å²) in [6.07, 6.45) is 0. The highest BCUT2D eigenvalue weighted by Gasteiger charge is 2.44. The van der Waals surface area contributed by atoms with E-state index in [1.165, 1.54) is 5.56 Å². The largest absolute Gasteiger partial charge is 0.379 e. The van der Waals surface area contributed by atoms with Crippen LogP contribution in [0, 0.1) is 5.41 Å². The topological polar surface area (TPSA) is 64.3 Å². The second-order valence-electron chi connectivity index (χ2n) is 6.56. The van der Waals surface area contributed by atoms with E-state index in [9.17, 15) is 4.79 Å². The van der Waals surface area contributed by atoms with Crippen molar-refractivity contribution < 1.29 is 9.53 Å². The van der Waals surface area contributed by atoms with Gasteiger partial charge in [-0.3, -0.25) is 4.79 Å². The van der Waals surface area contributed by atoms with E-state index in [-0.39, 0.29) is 18.0 Å². The van der Waals surface area contributed by atoms with E-state index in [2.05, 4.69) is 43.4 Å². The number of carbonyl (C=O) groups is 1. The molecule has 3 atom stereocenters. The second-order valence-corrected chi connectivity index (χ2v) is 6.56. The number of amides is 1. The number of nitrogens with two attached hydrogens (primary N) is 1. The van der Waals surface area contributed by atoms with Crippen LogP contribution in [0.25, 0.3) is 0 Å². The van der Waals surface area contributed by atoms with Crippen LogP contribution in [-0.2, 0) is 9.53 Å². The van der Waals surface area contributed by atoms with Gasteiger partial charge in [0.05, 0.1) is 24.7 Å². The van der Waals surface area contributed by atoms with Gasteiger partial charge < -0.3 is 15.8 Å². The molecule has 1 saturated heterocycles. The molecule has 0 saturated carbocycles.